The third kappa shape index (κ3) is 40.0. The summed E-state index contributed by atoms with van der Waals surface area (Å²) >= 11 is 0. The number of unbranched alkanes of at least 4 members (excludes halogenated alkanes) is 43. The second-order valence-corrected chi connectivity index (χ2v) is 28.5. The molecule has 3 fully saturated rings. The summed E-state index contributed by atoms with van der Waals surface area (Å²) in [5, 5.41) is 121. The van der Waals surface area contributed by atoms with Crippen molar-refractivity contribution in [2.45, 2.75) is 426 Å². The molecule has 3 heterocycles. The molecule has 19 nitrogen and oxygen atoms in total. The summed E-state index contributed by atoms with van der Waals surface area (Å²) < 4.78 is 34.4. The topological polar surface area (TPSA) is 307 Å². The zero-order valence-corrected chi connectivity index (χ0v) is 60.8. The Bertz CT molecular complexity index is 1900. The number of amides is 1. The number of ether oxygens (including phenoxy) is 6. The normalized spacial score (nSPS) is 27.0. The van der Waals surface area contributed by atoms with Crippen LogP contribution < -0.4 is 5.32 Å². The summed E-state index contributed by atoms with van der Waals surface area (Å²) in [6.07, 6.45) is 45.6. The molecule has 0 saturated carbocycles. The molecule has 12 N–H and O–H groups in total. The summed E-state index contributed by atoms with van der Waals surface area (Å²) in [5.74, 6) is -0.280. The highest BCUT2D eigenvalue weighted by atomic mass is 16.8. The number of rotatable bonds is 63. The lowest BCUT2D eigenvalue weighted by Gasteiger charge is -2.48. The number of carbonyl (C=O) groups is 1. The lowest BCUT2D eigenvalue weighted by atomic mass is 9.96. The first kappa shape index (κ1) is 89.2. The zero-order chi connectivity index (χ0) is 70.4. The molecule has 17 atom stereocenters. The molecule has 0 bridgehead atoms. The van der Waals surface area contributed by atoms with E-state index in [4.69, 9.17) is 28.4 Å². The predicted molar refractivity (Wildman–Crippen MR) is 383 cm³/mol. The molecule has 3 rings (SSSR count). The second kappa shape index (κ2) is 59.4. The van der Waals surface area contributed by atoms with Crippen molar-refractivity contribution in [1.82, 2.24) is 5.32 Å². The molecule has 0 aromatic rings. The van der Waals surface area contributed by atoms with Crippen molar-refractivity contribution in [3.8, 4) is 0 Å². The third-order valence-corrected chi connectivity index (χ3v) is 19.9. The summed E-state index contributed by atoms with van der Waals surface area (Å²) in [4.78, 5) is 13.5. The van der Waals surface area contributed by atoms with E-state index in [9.17, 15) is 61.0 Å². The Morgan fingerprint density at radius 2 is 0.660 bits per heavy atom. The van der Waals surface area contributed by atoms with Gasteiger partial charge in [-0.2, -0.15) is 0 Å². The van der Waals surface area contributed by atoms with E-state index in [1.807, 2.05) is 6.08 Å². The Balaban J connectivity index is 1.40. The molecule has 0 aromatic carbocycles. The van der Waals surface area contributed by atoms with Crippen molar-refractivity contribution in [2.24, 2.45) is 0 Å². The van der Waals surface area contributed by atoms with E-state index in [-0.39, 0.29) is 18.9 Å². The predicted octanol–water partition coefficient (Wildman–Crippen LogP) is 12.7. The fourth-order valence-electron chi connectivity index (χ4n) is 13.5. The van der Waals surface area contributed by atoms with Gasteiger partial charge in [0, 0.05) is 6.42 Å². The first-order chi connectivity index (χ1) is 47.3. The molecular weight excluding hydrogens is 1240 g/mol. The molecule has 0 aliphatic carbocycles. The molecule has 17 unspecified atom stereocenters. The van der Waals surface area contributed by atoms with Crippen LogP contribution in [0.4, 0.5) is 0 Å². The summed E-state index contributed by atoms with van der Waals surface area (Å²) in [5.41, 5.74) is 0. The molecule has 0 spiro atoms. The van der Waals surface area contributed by atoms with Crippen molar-refractivity contribution in [2.75, 3.05) is 26.4 Å². The van der Waals surface area contributed by atoms with Crippen LogP contribution in [0.5, 0.6) is 0 Å². The van der Waals surface area contributed by atoms with E-state index in [0.29, 0.717) is 12.8 Å². The van der Waals surface area contributed by atoms with E-state index in [1.54, 1.807) is 6.08 Å². The van der Waals surface area contributed by atoms with Gasteiger partial charge in [0.05, 0.1) is 38.6 Å². The SMILES string of the molecule is CCCCCCCCCC/C=C\CCCCCCCCCCCCCCCCCC(=O)NC(COC1OC(CO)C(OC2OC(CO)C(OC3OC(CO)C(O)C(O)C3O)C(O)C2O)C(O)C1O)C(O)/C=C/CC/C=C/CCCCCCCCCCCCCCCCCCCCC. The molecule has 3 aliphatic rings. The first-order valence-electron chi connectivity index (χ1n) is 39.7. The van der Waals surface area contributed by atoms with Crippen molar-refractivity contribution >= 4 is 5.91 Å². The second-order valence-electron chi connectivity index (χ2n) is 28.5. The smallest absolute Gasteiger partial charge is 0.220 e. The number of aliphatic hydroxyl groups excluding tert-OH is 11. The van der Waals surface area contributed by atoms with Crippen molar-refractivity contribution in [3.05, 3.63) is 36.5 Å². The number of aliphatic hydroxyl groups is 11. The Labute approximate surface area is 587 Å². The van der Waals surface area contributed by atoms with E-state index in [1.165, 1.54) is 250 Å². The molecule has 0 aromatic heterocycles. The highest BCUT2D eigenvalue weighted by Gasteiger charge is 2.53. The fraction of sp³-hybridized carbons (Fsp3) is 0.910. The van der Waals surface area contributed by atoms with Gasteiger partial charge in [-0.25, -0.2) is 0 Å². The minimum Gasteiger partial charge on any atom is -0.394 e. The minimum absolute atomic E-state index is 0.238. The standard InChI is InChI=1S/C78H145NO18/c1-3-5-7-9-11-13-15-17-19-21-23-25-27-29-30-32-34-36-38-40-42-44-46-48-50-52-54-56-66(84)79-61(62(83)55-53-51-49-47-45-43-41-39-37-35-33-31-28-26-24-22-20-18-16-14-12-10-8-6-4-2)60-92-76-72(90)69(87)74(64(58-81)94-76)97-78-73(91)70(88)75(65(59-82)95-78)96-77-71(89)68(86)67(85)63(57-80)93-77/h21,23,45,47,53,55,61-65,67-78,80-83,85-91H,3-20,22,24-44,46,48-52,54,56-60H2,1-2H3,(H,79,84)/b23-21-,47-45+,55-53+. The highest BCUT2D eigenvalue weighted by Crippen LogP contribution is 2.33. The van der Waals surface area contributed by atoms with Crippen molar-refractivity contribution < 1.29 is 89.4 Å². The van der Waals surface area contributed by atoms with Crippen LogP contribution in [0.2, 0.25) is 0 Å². The molecular formula is C78H145NO18. The van der Waals surface area contributed by atoms with Gasteiger partial charge >= 0.3 is 0 Å². The van der Waals surface area contributed by atoms with Crippen LogP contribution in [0.25, 0.3) is 0 Å². The summed E-state index contributed by atoms with van der Waals surface area (Å²) in [7, 11) is 0. The van der Waals surface area contributed by atoms with Crippen LogP contribution in [0.3, 0.4) is 0 Å². The van der Waals surface area contributed by atoms with Crippen molar-refractivity contribution in [1.29, 1.82) is 0 Å². The van der Waals surface area contributed by atoms with Gasteiger partial charge in [-0.1, -0.05) is 294 Å². The van der Waals surface area contributed by atoms with E-state index < -0.39 is 124 Å². The average Bonchev–Trinajstić information content (AvgIpc) is 0.790. The minimum atomic E-state index is -1.98. The van der Waals surface area contributed by atoms with Gasteiger partial charge in [0.15, 0.2) is 18.9 Å². The van der Waals surface area contributed by atoms with Crippen molar-refractivity contribution in [3.63, 3.8) is 0 Å². The maximum atomic E-state index is 13.5. The molecule has 1 amide bonds. The van der Waals surface area contributed by atoms with Crippen LogP contribution in [-0.4, -0.2) is 193 Å². The number of hydrogen-bond donors (Lipinski definition) is 12. The van der Waals surface area contributed by atoms with E-state index in [2.05, 4.69) is 43.5 Å². The van der Waals surface area contributed by atoms with Gasteiger partial charge in [0.25, 0.3) is 0 Å². The molecule has 19 heteroatoms. The van der Waals surface area contributed by atoms with Crippen LogP contribution >= 0.6 is 0 Å². The Kier molecular flexibility index (Phi) is 54.6. The molecule has 3 aliphatic heterocycles. The maximum Gasteiger partial charge on any atom is 0.220 e. The Morgan fingerprint density at radius 1 is 0.361 bits per heavy atom. The number of hydrogen-bond acceptors (Lipinski definition) is 18. The number of carbonyl (C=O) groups excluding carboxylic acids is 1. The third-order valence-electron chi connectivity index (χ3n) is 19.9. The molecule has 3 saturated heterocycles. The van der Waals surface area contributed by atoms with Crippen LogP contribution in [0.15, 0.2) is 36.5 Å². The number of allylic oxidation sites excluding steroid dienone is 5. The van der Waals surface area contributed by atoms with E-state index >= 15 is 0 Å². The van der Waals surface area contributed by atoms with Gasteiger partial charge in [-0.05, 0) is 57.8 Å². The van der Waals surface area contributed by atoms with Crippen LogP contribution in [-0.2, 0) is 33.2 Å². The van der Waals surface area contributed by atoms with Crippen LogP contribution in [0.1, 0.15) is 322 Å². The van der Waals surface area contributed by atoms with Gasteiger partial charge in [0.2, 0.25) is 5.91 Å². The monoisotopic (exact) mass is 1380 g/mol. The van der Waals surface area contributed by atoms with Gasteiger partial charge in [0.1, 0.15) is 73.2 Å². The molecule has 570 valence electrons. The summed E-state index contributed by atoms with van der Waals surface area (Å²) in [6.45, 7) is 1.77. The lowest BCUT2D eigenvalue weighted by Crippen LogP contribution is -2.66. The molecule has 97 heavy (non-hydrogen) atoms. The number of nitrogens with one attached hydrogen (secondary N) is 1. The highest BCUT2D eigenvalue weighted by molar-refractivity contribution is 5.76. The quantitative estimate of drug-likeness (QED) is 0.0199. The fourth-order valence-corrected chi connectivity index (χ4v) is 13.5. The Morgan fingerprint density at radius 3 is 1.03 bits per heavy atom. The van der Waals surface area contributed by atoms with Crippen LogP contribution in [0, 0.1) is 0 Å². The largest absolute Gasteiger partial charge is 0.394 e. The summed E-state index contributed by atoms with van der Waals surface area (Å²) in [6, 6.07) is -0.990. The molecule has 0 radical (unpaired) electrons. The lowest BCUT2D eigenvalue weighted by molar-refractivity contribution is -0.379. The Hall–Kier alpha value is -1.99. The van der Waals surface area contributed by atoms with Gasteiger partial charge in [-0.3, -0.25) is 4.79 Å². The van der Waals surface area contributed by atoms with Gasteiger partial charge in [-0.15, -0.1) is 0 Å². The van der Waals surface area contributed by atoms with E-state index in [0.717, 1.165) is 38.5 Å². The zero-order valence-electron chi connectivity index (χ0n) is 60.8. The van der Waals surface area contributed by atoms with Gasteiger partial charge < -0.3 is 89.9 Å². The average molecular weight is 1390 g/mol. The first-order valence-corrected chi connectivity index (χ1v) is 39.7. The maximum absolute atomic E-state index is 13.5.